The van der Waals surface area contributed by atoms with Crippen LogP contribution in [0.25, 0.3) is 122 Å². The van der Waals surface area contributed by atoms with Crippen LogP contribution in [0.15, 0.2) is 400 Å². The van der Waals surface area contributed by atoms with Crippen molar-refractivity contribution in [3.63, 3.8) is 0 Å². The number of fused-ring (bicyclic) bond motifs is 9. The molecule has 0 spiro atoms. The Morgan fingerprint density at radius 1 is 0.192 bits per heavy atom. The molecule has 0 atom stereocenters. The molecule has 6 heteroatoms. The molecule has 626 valence electrons. The van der Waals surface area contributed by atoms with E-state index in [2.05, 4.69) is 493 Å². The van der Waals surface area contributed by atoms with E-state index >= 15 is 0 Å². The molecule has 22 rings (SSSR count). The minimum atomic E-state index is -0.504. The summed E-state index contributed by atoms with van der Waals surface area (Å²) >= 11 is 0. The van der Waals surface area contributed by atoms with Crippen molar-refractivity contribution in [2.45, 2.75) is 105 Å². The van der Waals surface area contributed by atoms with E-state index in [-0.39, 0.29) is 23.0 Å². The van der Waals surface area contributed by atoms with E-state index in [1.54, 1.807) is 0 Å². The molecule has 0 fully saturated rings. The van der Waals surface area contributed by atoms with Gasteiger partial charge in [-0.1, -0.05) is 423 Å². The molecular weight excluding hydrogens is 1570 g/mol. The molecule has 4 heterocycles. The van der Waals surface area contributed by atoms with Crippen molar-refractivity contribution in [2.24, 2.45) is 0 Å². The van der Waals surface area contributed by atoms with Crippen molar-refractivity contribution in [1.82, 2.24) is 0 Å². The fourth-order valence-electron chi connectivity index (χ4n) is 20.5. The lowest BCUT2D eigenvalue weighted by Crippen LogP contribution is -2.65. The average molecular weight is 1670 g/mol. The van der Waals surface area contributed by atoms with Gasteiger partial charge in [0.05, 0.1) is 11.4 Å². The molecule has 0 unspecified atom stereocenters. The predicted octanol–water partition coefficient (Wildman–Crippen LogP) is 30.0. The summed E-state index contributed by atoms with van der Waals surface area (Å²) in [5, 5.41) is 0. The second kappa shape index (κ2) is 31.6. The van der Waals surface area contributed by atoms with Gasteiger partial charge < -0.3 is 19.3 Å². The van der Waals surface area contributed by atoms with Gasteiger partial charge in [-0.2, -0.15) is 0 Å². The van der Waals surface area contributed by atoms with Crippen LogP contribution < -0.4 is 52.1 Å². The lowest BCUT2D eigenvalue weighted by Gasteiger charge is -2.48. The molecule has 0 saturated heterocycles. The Morgan fingerprint density at radius 2 is 0.515 bits per heavy atom. The van der Waals surface area contributed by atoms with Crippen molar-refractivity contribution in [3.05, 3.63) is 423 Å². The minimum Gasteiger partial charge on any atom is -0.459 e. The highest BCUT2D eigenvalue weighted by molar-refractivity contribution is 7.03. The Kier molecular flexibility index (Phi) is 19.7. The van der Waals surface area contributed by atoms with Crippen LogP contribution in [0.1, 0.15) is 105 Å². The van der Waals surface area contributed by atoms with Gasteiger partial charge in [-0.3, -0.25) is 0 Å². The first-order valence-corrected chi connectivity index (χ1v) is 46.0. The summed E-state index contributed by atoms with van der Waals surface area (Å²) in [5.74, 6) is 3.23. The standard InChI is InChI=1S/C124H102B2N2O2/c1-121(2,3)97-69-95(70-98(75-97)122(4,5)6)89-61-63-105-108(73-89)127(117-100(91-53-31-49-85(65-91)79-37-19-13-20-38-79)57-35-58-101(117)92-54-32-50-86(66-92)80-39-21-14-22-40-80)109-76-99(123(7,8)9)77-110-114(109)126(105)115-111(128(110)118-102(93-55-33-51-87(67-93)81-41-23-15-24-42-81)59-36-60-103(118)94-56-34-52-88(68-94)82-43-25-16-26-44-82)78-113-116-120(115)129-112-74-90(83-45-27-17-28-46-83)62-64-106(112)125(116)107-72-96(84-47-29-18-30-48-84)71-104(119(107)130-113)124(10,11)12/h13-78H,1-12H3. The number of anilines is 6. The first-order valence-electron chi connectivity index (χ1n) is 46.0. The third-order valence-corrected chi connectivity index (χ3v) is 27.3. The van der Waals surface area contributed by atoms with E-state index < -0.39 is 12.1 Å². The Hall–Kier alpha value is -14.7. The van der Waals surface area contributed by atoms with Crippen molar-refractivity contribution >= 4 is 80.3 Å². The normalized spacial score (nSPS) is 13.0. The summed E-state index contributed by atoms with van der Waals surface area (Å²) in [4.78, 5) is 5.44. The third-order valence-electron chi connectivity index (χ3n) is 27.3. The Morgan fingerprint density at radius 3 is 0.915 bits per heavy atom. The summed E-state index contributed by atoms with van der Waals surface area (Å²) in [6, 6.07) is 151. The predicted molar refractivity (Wildman–Crippen MR) is 553 cm³/mol. The topological polar surface area (TPSA) is 24.9 Å². The molecule has 4 aliphatic heterocycles. The van der Waals surface area contributed by atoms with E-state index in [1.807, 2.05) is 0 Å². The maximum Gasteiger partial charge on any atom is 0.260 e. The number of rotatable bonds is 13. The van der Waals surface area contributed by atoms with Crippen molar-refractivity contribution in [3.8, 4) is 145 Å². The molecule has 0 saturated carbocycles. The lowest BCUT2D eigenvalue weighted by atomic mass is 9.30. The first kappa shape index (κ1) is 81.1. The highest BCUT2D eigenvalue weighted by Gasteiger charge is 2.52. The quantitative estimate of drug-likeness (QED) is 0.107. The van der Waals surface area contributed by atoms with Crippen LogP contribution in [-0.2, 0) is 21.7 Å². The van der Waals surface area contributed by atoms with Gasteiger partial charge >= 0.3 is 0 Å². The lowest BCUT2D eigenvalue weighted by molar-refractivity contribution is 0.450. The SMILES string of the molecule is CC(C)(C)c1cc(-c2ccc3c(c2)N(c2c(-c4cccc(-c5ccccc5)c4)cccc2-c2cccc(-c4ccccc4)c2)c2cc(C(C)(C)C)cc4c2B3c2c(cc3c5c2Oc2cc(-c6ccccc6)ccc2B5c2cc(-c5ccccc5)cc(C(C)(C)C)c2O3)N4c2c(-c3cccc(-c4ccccc4)c3)cccc2-c2cccc(-c3ccccc3)c2)cc(C(C)(C)C)c1. The summed E-state index contributed by atoms with van der Waals surface area (Å²) < 4.78 is 16.7. The zero-order valence-corrected chi connectivity index (χ0v) is 76.0. The van der Waals surface area contributed by atoms with Crippen LogP contribution >= 0.6 is 0 Å². The summed E-state index contributed by atoms with van der Waals surface area (Å²) in [6.45, 7) is 27.5. The molecular formula is C124H102B2N2O2. The molecule has 0 aromatic heterocycles. The van der Waals surface area contributed by atoms with Gasteiger partial charge in [-0.05, 0) is 220 Å². The maximum absolute atomic E-state index is 8.48. The van der Waals surface area contributed by atoms with Crippen molar-refractivity contribution < 1.29 is 9.47 Å². The Labute approximate surface area is 767 Å². The maximum atomic E-state index is 8.48. The second-order valence-electron chi connectivity index (χ2n) is 39.9. The first-order chi connectivity index (χ1) is 63.0. The van der Waals surface area contributed by atoms with Crippen molar-refractivity contribution in [1.29, 1.82) is 0 Å². The smallest absolute Gasteiger partial charge is 0.260 e. The molecule has 0 amide bonds. The van der Waals surface area contributed by atoms with Gasteiger partial charge in [-0.15, -0.1) is 0 Å². The number of hydrogen-bond donors (Lipinski definition) is 0. The zero-order chi connectivity index (χ0) is 88.6. The zero-order valence-electron chi connectivity index (χ0n) is 76.0. The van der Waals surface area contributed by atoms with Crippen LogP contribution in [0, 0.1) is 0 Å². The van der Waals surface area contributed by atoms with Gasteiger partial charge in [0.15, 0.2) is 0 Å². The minimum absolute atomic E-state index is 0.169. The van der Waals surface area contributed by atoms with Crippen molar-refractivity contribution in [2.75, 3.05) is 9.80 Å². The summed E-state index contributed by atoms with van der Waals surface area (Å²) in [7, 11) is 0. The number of nitrogens with zero attached hydrogens (tertiary/aromatic N) is 2. The fourth-order valence-corrected chi connectivity index (χ4v) is 20.5. The molecule has 0 aliphatic carbocycles. The number of hydrogen-bond acceptors (Lipinski definition) is 4. The summed E-state index contributed by atoms with van der Waals surface area (Å²) in [5.41, 5.74) is 41.0. The molecule has 130 heavy (non-hydrogen) atoms. The van der Waals surface area contributed by atoms with Crippen LogP contribution in [-0.4, -0.2) is 13.4 Å². The van der Waals surface area contributed by atoms with E-state index in [9.17, 15) is 0 Å². The van der Waals surface area contributed by atoms with Crippen LogP contribution in [0.2, 0.25) is 0 Å². The summed E-state index contributed by atoms with van der Waals surface area (Å²) in [6.07, 6.45) is 0. The average Bonchev–Trinajstić information content (AvgIpc) is 0.672. The van der Waals surface area contributed by atoms with E-state index in [0.717, 1.165) is 212 Å². The highest BCUT2D eigenvalue weighted by atomic mass is 16.5. The number of ether oxygens (including phenoxy) is 2. The Bertz CT molecular complexity index is 7270. The van der Waals surface area contributed by atoms with Crippen LogP contribution in [0.3, 0.4) is 0 Å². The monoisotopic (exact) mass is 1670 g/mol. The molecule has 18 aromatic carbocycles. The number of para-hydroxylation sites is 2. The molecule has 0 bridgehead atoms. The van der Waals surface area contributed by atoms with Gasteiger partial charge in [0.25, 0.3) is 13.4 Å². The van der Waals surface area contributed by atoms with Gasteiger partial charge in [0, 0.05) is 62.1 Å². The van der Waals surface area contributed by atoms with Crippen LogP contribution in [0.5, 0.6) is 23.0 Å². The third kappa shape index (κ3) is 14.4. The molecule has 4 nitrogen and oxygen atoms in total. The number of benzene rings is 18. The van der Waals surface area contributed by atoms with Gasteiger partial charge in [0.2, 0.25) is 0 Å². The largest absolute Gasteiger partial charge is 0.459 e. The van der Waals surface area contributed by atoms with Gasteiger partial charge in [-0.25, -0.2) is 0 Å². The molecule has 18 aromatic rings. The Balaban J connectivity index is 0.930. The molecule has 4 aliphatic rings. The fraction of sp³-hybridized carbons (Fsp3) is 0.129. The van der Waals surface area contributed by atoms with E-state index in [4.69, 9.17) is 9.47 Å². The van der Waals surface area contributed by atoms with Gasteiger partial charge in [0.1, 0.15) is 23.0 Å². The molecule has 0 radical (unpaired) electrons. The second-order valence-corrected chi connectivity index (χ2v) is 39.9. The van der Waals surface area contributed by atoms with E-state index in [0.29, 0.717) is 0 Å². The van der Waals surface area contributed by atoms with Crippen LogP contribution in [0.4, 0.5) is 34.1 Å². The highest BCUT2D eigenvalue weighted by Crippen LogP contribution is 2.57. The van der Waals surface area contributed by atoms with E-state index in [1.165, 1.54) is 22.3 Å². The molecule has 0 N–H and O–H groups in total.